The van der Waals surface area contributed by atoms with Crippen LogP contribution < -0.4 is 15.4 Å². The van der Waals surface area contributed by atoms with Gasteiger partial charge in [-0.05, 0) is 48.4 Å². The molecule has 1 heterocycles. The molecule has 0 radical (unpaired) electrons. The fourth-order valence-electron chi connectivity index (χ4n) is 3.19. The van der Waals surface area contributed by atoms with Crippen LogP contribution >= 0.6 is 22.9 Å². The lowest BCUT2D eigenvalue weighted by molar-refractivity contribution is 0.252. The molecule has 0 saturated carbocycles. The number of anilines is 1. The highest BCUT2D eigenvalue weighted by molar-refractivity contribution is 7.19. The highest BCUT2D eigenvalue weighted by atomic mass is 35.5. The van der Waals surface area contributed by atoms with Crippen LogP contribution in [-0.4, -0.2) is 24.7 Å². The Balaban J connectivity index is 1.75. The predicted octanol–water partition coefficient (Wildman–Crippen LogP) is 7.23. The van der Waals surface area contributed by atoms with Crippen LogP contribution in [0, 0.1) is 0 Å². The van der Waals surface area contributed by atoms with Gasteiger partial charge in [-0.2, -0.15) is 0 Å². The van der Waals surface area contributed by atoms with Gasteiger partial charge < -0.3 is 10.1 Å². The third-order valence-corrected chi connectivity index (χ3v) is 6.16. The SMILES string of the molecule is CCCCCCCNC(=O)Nc1nc(-c2ccc(OC)cc2)c(-c2ccc(Cl)cc2)s1. The number of nitrogens with zero attached hydrogens (tertiary/aromatic N) is 1. The minimum Gasteiger partial charge on any atom is -0.497 e. The Labute approximate surface area is 192 Å². The number of halogens is 1. The van der Waals surface area contributed by atoms with Crippen LogP contribution in [0.3, 0.4) is 0 Å². The Morgan fingerprint density at radius 1 is 1.00 bits per heavy atom. The molecule has 3 aromatic rings. The molecule has 31 heavy (non-hydrogen) atoms. The van der Waals surface area contributed by atoms with E-state index in [9.17, 15) is 4.79 Å². The van der Waals surface area contributed by atoms with Gasteiger partial charge in [-0.15, -0.1) is 0 Å². The molecule has 7 heteroatoms. The summed E-state index contributed by atoms with van der Waals surface area (Å²) < 4.78 is 5.26. The van der Waals surface area contributed by atoms with Crippen molar-refractivity contribution in [2.45, 2.75) is 39.0 Å². The lowest BCUT2D eigenvalue weighted by Crippen LogP contribution is -2.29. The number of rotatable bonds is 10. The number of hydrogen-bond donors (Lipinski definition) is 2. The molecule has 1 aromatic heterocycles. The van der Waals surface area contributed by atoms with Gasteiger partial charge in [-0.3, -0.25) is 5.32 Å². The molecule has 0 saturated heterocycles. The van der Waals surface area contributed by atoms with Crippen LogP contribution in [0.1, 0.15) is 39.0 Å². The summed E-state index contributed by atoms with van der Waals surface area (Å²) in [5, 5.41) is 7.04. The first-order chi connectivity index (χ1) is 15.1. The molecule has 0 fully saturated rings. The second-order valence-electron chi connectivity index (χ2n) is 7.23. The van der Waals surface area contributed by atoms with Crippen molar-refractivity contribution in [2.24, 2.45) is 0 Å². The maximum Gasteiger partial charge on any atom is 0.321 e. The molecule has 0 aliphatic carbocycles. The van der Waals surface area contributed by atoms with E-state index < -0.39 is 0 Å². The topological polar surface area (TPSA) is 63.2 Å². The van der Waals surface area contributed by atoms with E-state index in [1.807, 2.05) is 48.5 Å². The first kappa shape index (κ1) is 23.1. The van der Waals surface area contributed by atoms with Crippen molar-refractivity contribution in [1.82, 2.24) is 10.3 Å². The highest BCUT2D eigenvalue weighted by Gasteiger charge is 2.16. The summed E-state index contributed by atoms with van der Waals surface area (Å²) in [5.41, 5.74) is 2.76. The number of benzene rings is 2. The van der Waals surface area contributed by atoms with Crippen molar-refractivity contribution in [3.05, 3.63) is 53.6 Å². The third-order valence-electron chi connectivity index (χ3n) is 4.88. The number of aromatic nitrogens is 1. The molecule has 5 nitrogen and oxygen atoms in total. The van der Waals surface area contributed by atoms with Gasteiger partial charge in [0, 0.05) is 17.1 Å². The molecule has 0 bridgehead atoms. The molecule has 2 N–H and O–H groups in total. The third kappa shape index (κ3) is 6.71. The molecule has 3 rings (SSSR count). The Morgan fingerprint density at radius 3 is 2.35 bits per heavy atom. The van der Waals surface area contributed by atoms with Gasteiger partial charge >= 0.3 is 6.03 Å². The second kappa shape index (κ2) is 11.7. The zero-order valence-electron chi connectivity index (χ0n) is 17.9. The standard InChI is InChI=1S/C24H28ClN3O2S/c1-3-4-5-6-7-16-26-23(29)28-24-27-21(17-10-14-20(30-2)15-11-17)22(31-24)18-8-12-19(25)13-9-18/h8-15H,3-7,16H2,1-2H3,(H2,26,27,28,29). The predicted molar refractivity (Wildman–Crippen MR) is 130 cm³/mol. The van der Waals surface area contributed by atoms with Crippen molar-refractivity contribution >= 4 is 34.1 Å². The fourth-order valence-corrected chi connectivity index (χ4v) is 4.30. The summed E-state index contributed by atoms with van der Waals surface area (Å²) in [5.74, 6) is 0.781. The molecular weight excluding hydrogens is 430 g/mol. The van der Waals surface area contributed by atoms with Gasteiger partial charge in [0.1, 0.15) is 5.75 Å². The monoisotopic (exact) mass is 457 g/mol. The van der Waals surface area contributed by atoms with Crippen molar-refractivity contribution in [3.8, 4) is 27.4 Å². The van der Waals surface area contributed by atoms with Gasteiger partial charge in [0.05, 0.1) is 17.7 Å². The Kier molecular flexibility index (Phi) is 8.74. The Morgan fingerprint density at radius 2 is 1.68 bits per heavy atom. The van der Waals surface area contributed by atoms with Crippen LogP contribution in [0.25, 0.3) is 21.7 Å². The summed E-state index contributed by atoms with van der Waals surface area (Å²) in [4.78, 5) is 18.0. The quantitative estimate of drug-likeness (QED) is 0.315. The fraction of sp³-hybridized carbons (Fsp3) is 0.333. The van der Waals surface area contributed by atoms with E-state index in [1.54, 1.807) is 7.11 Å². The average Bonchev–Trinajstić information content (AvgIpc) is 3.20. The molecule has 0 aliphatic rings. The first-order valence-electron chi connectivity index (χ1n) is 10.6. The maximum absolute atomic E-state index is 12.3. The zero-order chi connectivity index (χ0) is 22.1. The number of hydrogen-bond acceptors (Lipinski definition) is 4. The molecule has 0 aliphatic heterocycles. The van der Waals surface area contributed by atoms with E-state index >= 15 is 0 Å². The van der Waals surface area contributed by atoms with Crippen LogP contribution in [0.15, 0.2) is 48.5 Å². The maximum atomic E-state index is 12.3. The number of unbranched alkanes of at least 4 members (excludes halogenated alkanes) is 4. The number of amides is 2. The van der Waals surface area contributed by atoms with Crippen molar-refractivity contribution in [3.63, 3.8) is 0 Å². The molecule has 0 spiro atoms. The summed E-state index contributed by atoms with van der Waals surface area (Å²) in [6.45, 7) is 2.86. The molecule has 0 atom stereocenters. The van der Waals surface area contributed by atoms with Crippen LogP contribution in [-0.2, 0) is 0 Å². The Bertz CT molecular complexity index is 971. The zero-order valence-corrected chi connectivity index (χ0v) is 19.5. The van der Waals surface area contributed by atoms with Crippen LogP contribution in [0.5, 0.6) is 5.75 Å². The van der Waals surface area contributed by atoms with E-state index in [2.05, 4.69) is 17.6 Å². The number of carbonyl (C=O) groups is 1. The van der Waals surface area contributed by atoms with Gasteiger partial charge in [-0.1, -0.05) is 67.7 Å². The minimum atomic E-state index is -0.229. The highest BCUT2D eigenvalue weighted by Crippen LogP contribution is 2.39. The molecule has 164 valence electrons. The Hall–Kier alpha value is -2.57. The van der Waals surface area contributed by atoms with Crippen LogP contribution in [0.4, 0.5) is 9.93 Å². The molecule has 0 unspecified atom stereocenters. The second-order valence-corrected chi connectivity index (χ2v) is 8.66. The summed E-state index contributed by atoms with van der Waals surface area (Å²) >= 11 is 7.50. The number of carbonyl (C=O) groups excluding carboxylic acids is 1. The van der Waals surface area contributed by atoms with Crippen molar-refractivity contribution in [1.29, 1.82) is 0 Å². The lowest BCUT2D eigenvalue weighted by atomic mass is 10.1. The van der Waals surface area contributed by atoms with Gasteiger partial charge in [0.2, 0.25) is 0 Å². The van der Waals surface area contributed by atoms with Gasteiger partial charge in [-0.25, -0.2) is 9.78 Å². The van der Waals surface area contributed by atoms with Gasteiger partial charge in [0.15, 0.2) is 5.13 Å². The number of nitrogens with one attached hydrogen (secondary N) is 2. The number of ether oxygens (including phenoxy) is 1. The summed E-state index contributed by atoms with van der Waals surface area (Å²) in [6.07, 6.45) is 5.78. The first-order valence-corrected chi connectivity index (χ1v) is 11.8. The van der Waals surface area contributed by atoms with Crippen molar-refractivity contribution < 1.29 is 9.53 Å². The van der Waals surface area contributed by atoms with E-state index in [-0.39, 0.29) is 6.03 Å². The number of methoxy groups -OCH3 is 1. The normalized spacial score (nSPS) is 10.7. The van der Waals surface area contributed by atoms with Crippen LogP contribution in [0.2, 0.25) is 5.02 Å². The lowest BCUT2D eigenvalue weighted by Gasteiger charge is -2.05. The summed E-state index contributed by atoms with van der Waals surface area (Å²) in [6, 6.07) is 15.1. The minimum absolute atomic E-state index is 0.229. The van der Waals surface area contributed by atoms with E-state index in [4.69, 9.17) is 21.3 Å². The average molecular weight is 458 g/mol. The van der Waals surface area contributed by atoms with E-state index in [0.717, 1.165) is 40.3 Å². The van der Waals surface area contributed by atoms with E-state index in [1.165, 1.54) is 30.6 Å². The number of urea groups is 1. The van der Waals surface area contributed by atoms with Crippen molar-refractivity contribution in [2.75, 3.05) is 19.0 Å². The summed E-state index contributed by atoms with van der Waals surface area (Å²) in [7, 11) is 1.64. The smallest absolute Gasteiger partial charge is 0.321 e. The molecular formula is C24H28ClN3O2S. The molecule has 2 amide bonds. The largest absolute Gasteiger partial charge is 0.497 e. The molecule has 2 aromatic carbocycles. The van der Waals surface area contributed by atoms with Gasteiger partial charge in [0.25, 0.3) is 0 Å². The van der Waals surface area contributed by atoms with E-state index in [0.29, 0.717) is 16.7 Å². The number of thiazole rings is 1.